The number of thiol groups is 1. The normalized spacial score (nSPS) is 12.4. The quantitative estimate of drug-likeness (QED) is 0.831. The molecule has 5 heteroatoms. The predicted octanol–water partition coefficient (Wildman–Crippen LogP) is 2.94. The third-order valence-electron chi connectivity index (χ3n) is 2.97. The third kappa shape index (κ3) is 3.87. The molecule has 1 amide bonds. The van der Waals surface area contributed by atoms with Crippen molar-refractivity contribution in [3.63, 3.8) is 0 Å². The van der Waals surface area contributed by atoms with Gasteiger partial charge in [-0.25, -0.2) is 0 Å². The van der Waals surface area contributed by atoms with Gasteiger partial charge in [-0.05, 0) is 25.8 Å². The topological polar surface area (TPSA) is 46.9 Å². The molecule has 0 aliphatic rings. The molecule has 0 radical (unpaired) electrons. The van der Waals surface area contributed by atoms with Crippen LogP contribution in [0.25, 0.3) is 0 Å². The van der Waals surface area contributed by atoms with Crippen LogP contribution in [0.2, 0.25) is 0 Å². The Morgan fingerprint density at radius 1 is 1.35 bits per heavy atom. The molecule has 1 N–H and O–H groups in total. The number of amides is 1. The van der Waals surface area contributed by atoms with E-state index in [0.717, 1.165) is 5.56 Å². The van der Waals surface area contributed by atoms with Crippen molar-refractivity contribution >= 4 is 24.2 Å². The highest BCUT2D eigenvalue weighted by molar-refractivity contribution is 7.81. The fraction of sp³-hybridized carbons (Fsp3) is 0.333. The van der Waals surface area contributed by atoms with Gasteiger partial charge < -0.3 is 5.32 Å². The number of rotatable bonds is 5. The fourth-order valence-corrected chi connectivity index (χ4v) is 2.12. The molecule has 0 spiro atoms. The van der Waals surface area contributed by atoms with Crippen LogP contribution in [-0.4, -0.2) is 20.9 Å². The molecule has 0 fully saturated rings. The van der Waals surface area contributed by atoms with Gasteiger partial charge in [-0.1, -0.05) is 30.3 Å². The Kier molecular flexibility index (Phi) is 4.84. The summed E-state index contributed by atoms with van der Waals surface area (Å²) in [5.41, 5.74) is 1.80. The van der Waals surface area contributed by atoms with E-state index in [1.807, 2.05) is 50.4 Å². The Balaban J connectivity index is 1.93. The predicted molar refractivity (Wildman–Crippen MR) is 84.2 cm³/mol. The van der Waals surface area contributed by atoms with E-state index in [0.29, 0.717) is 12.1 Å². The maximum atomic E-state index is 12.1. The van der Waals surface area contributed by atoms with Gasteiger partial charge in [-0.3, -0.25) is 9.48 Å². The molecule has 4 nitrogen and oxygen atoms in total. The van der Waals surface area contributed by atoms with Gasteiger partial charge in [0.05, 0.1) is 17.1 Å². The molecular weight excluding hydrogens is 270 g/mol. The third-order valence-corrected chi connectivity index (χ3v) is 3.39. The minimum atomic E-state index is -0.375. The average Bonchev–Trinajstić information content (AvgIpc) is 2.88. The van der Waals surface area contributed by atoms with Gasteiger partial charge in [0.2, 0.25) is 5.91 Å². The Morgan fingerprint density at radius 3 is 2.65 bits per heavy atom. The van der Waals surface area contributed by atoms with Crippen molar-refractivity contribution in [2.45, 2.75) is 31.6 Å². The van der Waals surface area contributed by atoms with E-state index in [4.69, 9.17) is 0 Å². The van der Waals surface area contributed by atoms with Gasteiger partial charge in [0.15, 0.2) is 0 Å². The van der Waals surface area contributed by atoms with Crippen LogP contribution in [0.15, 0.2) is 42.7 Å². The smallest absolute Gasteiger partial charge is 0.237 e. The number of carbonyl (C=O) groups excluding carboxylic acids is 1. The fourth-order valence-electron chi connectivity index (χ4n) is 1.84. The van der Waals surface area contributed by atoms with E-state index >= 15 is 0 Å². The van der Waals surface area contributed by atoms with Crippen molar-refractivity contribution in [1.82, 2.24) is 9.78 Å². The van der Waals surface area contributed by atoms with Crippen LogP contribution in [0.5, 0.6) is 0 Å². The summed E-state index contributed by atoms with van der Waals surface area (Å²) < 4.78 is 1.81. The number of benzene rings is 1. The molecule has 1 aromatic heterocycles. The summed E-state index contributed by atoms with van der Waals surface area (Å²) in [5, 5.41) is 6.65. The van der Waals surface area contributed by atoms with E-state index < -0.39 is 0 Å². The SMILES string of the molecule is CC(C)n1cc(NC(=O)C(S)Cc2ccccc2)cn1. The molecule has 1 unspecified atom stereocenters. The van der Waals surface area contributed by atoms with E-state index in [2.05, 4.69) is 23.0 Å². The minimum Gasteiger partial charge on any atom is -0.322 e. The molecule has 0 saturated heterocycles. The van der Waals surface area contributed by atoms with Crippen LogP contribution >= 0.6 is 12.6 Å². The van der Waals surface area contributed by atoms with Crippen molar-refractivity contribution < 1.29 is 4.79 Å². The van der Waals surface area contributed by atoms with Gasteiger partial charge >= 0.3 is 0 Å². The summed E-state index contributed by atoms with van der Waals surface area (Å²) in [6.45, 7) is 4.07. The molecule has 20 heavy (non-hydrogen) atoms. The van der Waals surface area contributed by atoms with E-state index in [9.17, 15) is 4.79 Å². The molecular formula is C15H19N3OS. The van der Waals surface area contributed by atoms with Crippen LogP contribution in [0.1, 0.15) is 25.5 Å². The first-order chi connectivity index (χ1) is 9.56. The molecule has 1 heterocycles. The molecule has 2 aromatic rings. The Morgan fingerprint density at radius 2 is 2.05 bits per heavy atom. The number of anilines is 1. The van der Waals surface area contributed by atoms with Gasteiger partial charge in [-0.2, -0.15) is 17.7 Å². The van der Waals surface area contributed by atoms with Crippen molar-refractivity contribution in [3.05, 3.63) is 48.3 Å². The summed E-state index contributed by atoms with van der Waals surface area (Å²) in [6.07, 6.45) is 4.08. The summed E-state index contributed by atoms with van der Waals surface area (Å²) in [4.78, 5) is 12.1. The molecule has 0 saturated carbocycles. The Bertz CT molecular complexity index is 566. The highest BCUT2D eigenvalue weighted by Gasteiger charge is 2.15. The largest absolute Gasteiger partial charge is 0.322 e. The van der Waals surface area contributed by atoms with Crippen LogP contribution in [0, 0.1) is 0 Å². The molecule has 106 valence electrons. The van der Waals surface area contributed by atoms with Crippen LogP contribution in [-0.2, 0) is 11.2 Å². The van der Waals surface area contributed by atoms with Crippen molar-refractivity contribution in [2.24, 2.45) is 0 Å². The highest BCUT2D eigenvalue weighted by atomic mass is 32.1. The van der Waals surface area contributed by atoms with Crippen molar-refractivity contribution in [3.8, 4) is 0 Å². The number of aromatic nitrogens is 2. The molecule has 1 aromatic carbocycles. The summed E-state index contributed by atoms with van der Waals surface area (Å²) in [7, 11) is 0. The average molecular weight is 289 g/mol. The number of nitrogens with one attached hydrogen (secondary N) is 1. The summed E-state index contributed by atoms with van der Waals surface area (Å²) in [5.74, 6) is -0.111. The number of carbonyl (C=O) groups is 1. The van der Waals surface area contributed by atoms with Crippen molar-refractivity contribution in [2.75, 3.05) is 5.32 Å². The summed E-state index contributed by atoms with van der Waals surface area (Å²) >= 11 is 4.37. The second-order valence-electron chi connectivity index (χ2n) is 5.00. The van der Waals surface area contributed by atoms with E-state index in [1.165, 1.54) is 0 Å². The highest BCUT2D eigenvalue weighted by Crippen LogP contribution is 2.13. The lowest BCUT2D eigenvalue weighted by atomic mass is 10.1. The van der Waals surface area contributed by atoms with Gasteiger partial charge in [0.1, 0.15) is 0 Å². The zero-order valence-corrected chi connectivity index (χ0v) is 12.5. The molecule has 0 bridgehead atoms. The lowest BCUT2D eigenvalue weighted by Crippen LogP contribution is -2.25. The molecule has 0 aliphatic heterocycles. The molecule has 0 aliphatic carbocycles. The Hall–Kier alpha value is -1.75. The van der Waals surface area contributed by atoms with Crippen LogP contribution in [0.4, 0.5) is 5.69 Å². The van der Waals surface area contributed by atoms with Gasteiger partial charge in [0.25, 0.3) is 0 Å². The number of hydrogen-bond acceptors (Lipinski definition) is 3. The molecule has 2 rings (SSSR count). The maximum Gasteiger partial charge on any atom is 0.237 e. The molecule has 1 atom stereocenters. The zero-order chi connectivity index (χ0) is 14.5. The second-order valence-corrected chi connectivity index (χ2v) is 5.62. The van der Waals surface area contributed by atoms with Crippen LogP contribution < -0.4 is 5.32 Å². The standard InChI is InChI=1S/C15H19N3OS/c1-11(2)18-10-13(9-16-18)17-15(19)14(20)8-12-6-4-3-5-7-12/h3-7,9-11,14,20H,8H2,1-2H3,(H,17,19). The lowest BCUT2D eigenvalue weighted by molar-refractivity contribution is -0.115. The number of hydrogen-bond donors (Lipinski definition) is 2. The second kappa shape index (κ2) is 6.61. The van der Waals surface area contributed by atoms with Gasteiger partial charge in [-0.15, -0.1) is 0 Å². The Labute approximate surface area is 124 Å². The van der Waals surface area contributed by atoms with Crippen molar-refractivity contribution in [1.29, 1.82) is 0 Å². The lowest BCUT2D eigenvalue weighted by Gasteiger charge is -2.10. The number of nitrogens with zero attached hydrogens (tertiary/aromatic N) is 2. The minimum absolute atomic E-state index is 0.111. The van der Waals surface area contributed by atoms with E-state index in [1.54, 1.807) is 10.9 Å². The zero-order valence-electron chi connectivity index (χ0n) is 11.7. The van der Waals surface area contributed by atoms with E-state index in [-0.39, 0.29) is 17.2 Å². The van der Waals surface area contributed by atoms with Crippen LogP contribution in [0.3, 0.4) is 0 Å². The first-order valence-electron chi connectivity index (χ1n) is 6.63. The van der Waals surface area contributed by atoms with Gasteiger partial charge in [0, 0.05) is 12.2 Å². The first kappa shape index (κ1) is 14.7. The monoisotopic (exact) mass is 289 g/mol. The first-order valence-corrected chi connectivity index (χ1v) is 7.15. The summed E-state index contributed by atoms with van der Waals surface area (Å²) in [6, 6.07) is 10.1. The maximum absolute atomic E-state index is 12.1.